The number of carbonyl (C=O) groups excluding carboxylic acids is 2. The van der Waals surface area contributed by atoms with Crippen molar-refractivity contribution >= 4 is 29.2 Å². The summed E-state index contributed by atoms with van der Waals surface area (Å²) >= 11 is 5.80. The number of aryl methyl sites for hydroxylation is 1. The monoisotopic (exact) mass is 290 g/mol. The van der Waals surface area contributed by atoms with Gasteiger partial charge in [-0.2, -0.15) is 5.10 Å². The van der Waals surface area contributed by atoms with Crippen LogP contribution in [-0.4, -0.2) is 21.7 Å². The maximum absolute atomic E-state index is 12.4. The van der Waals surface area contributed by atoms with Crippen molar-refractivity contribution in [1.29, 1.82) is 0 Å². The Bertz CT molecular complexity index is 680. The molecule has 2 aromatic rings. The van der Waals surface area contributed by atoms with Gasteiger partial charge in [-0.25, -0.2) is 9.69 Å². The van der Waals surface area contributed by atoms with Gasteiger partial charge >= 0.3 is 6.03 Å². The molecule has 0 saturated carbocycles. The van der Waals surface area contributed by atoms with Crippen LogP contribution >= 0.6 is 11.6 Å². The molecule has 0 radical (unpaired) electrons. The van der Waals surface area contributed by atoms with E-state index in [4.69, 9.17) is 11.6 Å². The summed E-state index contributed by atoms with van der Waals surface area (Å²) in [5, 5.41) is 7.20. The molecular weight excluding hydrogens is 280 g/mol. The number of amides is 3. The molecule has 1 fully saturated rings. The molecule has 7 heteroatoms. The average Bonchev–Trinajstić information content (AvgIpc) is 2.95. The highest BCUT2D eigenvalue weighted by molar-refractivity contribution is 6.30. The number of hydrogen-bond acceptors (Lipinski definition) is 3. The van der Waals surface area contributed by atoms with Crippen LogP contribution in [0.4, 0.5) is 10.5 Å². The molecule has 0 spiro atoms. The van der Waals surface area contributed by atoms with Crippen molar-refractivity contribution < 1.29 is 9.59 Å². The molecule has 3 amide bonds. The molecule has 1 atom stereocenters. The Morgan fingerprint density at radius 1 is 1.25 bits per heavy atom. The first-order valence-corrected chi connectivity index (χ1v) is 6.32. The summed E-state index contributed by atoms with van der Waals surface area (Å²) in [7, 11) is 1.75. The van der Waals surface area contributed by atoms with Crippen LogP contribution < -0.4 is 10.2 Å². The first kappa shape index (κ1) is 12.7. The molecule has 6 nitrogen and oxygen atoms in total. The van der Waals surface area contributed by atoms with E-state index >= 15 is 0 Å². The van der Waals surface area contributed by atoms with Crippen LogP contribution in [0, 0.1) is 0 Å². The zero-order valence-corrected chi connectivity index (χ0v) is 11.3. The van der Waals surface area contributed by atoms with E-state index in [1.807, 2.05) is 0 Å². The minimum absolute atomic E-state index is 0.328. The SMILES string of the molecule is Cn1cc(C2NC(=O)N(c3ccc(Cl)cc3)C2=O)cn1. The Labute approximate surface area is 119 Å². The second-order valence-electron chi connectivity index (χ2n) is 4.48. The van der Waals surface area contributed by atoms with E-state index in [0.717, 1.165) is 4.90 Å². The van der Waals surface area contributed by atoms with Gasteiger partial charge in [-0.1, -0.05) is 11.6 Å². The summed E-state index contributed by atoms with van der Waals surface area (Å²) in [6, 6.07) is 5.37. The van der Waals surface area contributed by atoms with Crippen molar-refractivity contribution in [2.45, 2.75) is 6.04 Å². The molecule has 0 bridgehead atoms. The van der Waals surface area contributed by atoms with Crippen LogP contribution in [0.3, 0.4) is 0 Å². The van der Waals surface area contributed by atoms with E-state index in [9.17, 15) is 9.59 Å². The van der Waals surface area contributed by atoms with Crippen LogP contribution in [0.15, 0.2) is 36.7 Å². The van der Waals surface area contributed by atoms with Gasteiger partial charge in [-0.15, -0.1) is 0 Å². The molecule has 2 heterocycles. The lowest BCUT2D eigenvalue weighted by atomic mass is 10.1. The van der Waals surface area contributed by atoms with Gasteiger partial charge in [0.1, 0.15) is 6.04 Å². The number of rotatable bonds is 2. The smallest absolute Gasteiger partial charge is 0.321 e. The number of nitrogens with zero attached hydrogens (tertiary/aromatic N) is 3. The zero-order chi connectivity index (χ0) is 14.3. The number of imide groups is 1. The molecule has 1 N–H and O–H groups in total. The quantitative estimate of drug-likeness (QED) is 0.859. The number of halogens is 1. The van der Waals surface area contributed by atoms with E-state index < -0.39 is 12.1 Å². The number of urea groups is 1. The van der Waals surface area contributed by atoms with Gasteiger partial charge in [0.05, 0.1) is 11.9 Å². The minimum atomic E-state index is -0.702. The molecule has 1 saturated heterocycles. The Morgan fingerprint density at radius 2 is 1.95 bits per heavy atom. The molecular formula is C13H11ClN4O2. The third-order valence-corrected chi connectivity index (χ3v) is 3.33. The van der Waals surface area contributed by atoms with Crippen molar-refractivity contribution in [3.63, 3.8) is 0 Å². The second kappa shape index (κ2) is 4.64. The number of aromatic nitrogens is 2. The lowest BCUT2D eigenvalue weighted by Crippen LogP contribution is -2.30. The topological polar surface area (TPSA) is 67.2 Å². The first-order chi connectivity index (χ1) is 9.56. The predicted octanol–water partition coefficient (Wildman–Crippen LogP) is 1.87. The fraction of sp³-hybridized carbons (Fsp3) is 0.154. The summed E-state index contributed by atoms with van der Waals surface area (Å²) in [5.74, 6) is -0.328. The maximum atomic E-state index is 12.4. The number of benzene rings is 1. The molecule has 20 heavy (non-hydrogen) atoms. The standard InChI is InChI=1S/C13H11ClN4O2/c1-17-7-8(6-15-17)11-12(19)18(13(20)16-11)10-4-2-9(14)3-5-10/h2-7,11H,1H3,(H,16,20). The van der Waals surface area contributed by atoms with Gasteiger partial charge in [0.15, 0.2) is 0 Å². The summed E-state index contributed by atoms with van der Waals surface area (Å²) in [4.78, 5) is 25.5. The van der Waals surface area contributed by atoms with E-state index in [-0.39, 0.29) is 5.91 Å². The number of nitrogens with one attached hydrogen (secondary N) is 1. The molecule has 1 aromatic carbocycles. The van der Waals surface area contributed by atoms with Crippen LogP contribution in [-0.2, 0) is 11.8 Å². The van der Waals surface area contributed by atoms with Gasteiger partial charge in [-0.3, -0.25) is 9.48 Å². The van der Waals surface area contributed by atoms with Crippen molar-refractivity contribution in [2.75, 3.05) is 4.90 Å². The molecule has 0 aliphatic carbocycles. The lowest BCUT2D eigenvalue weighted by molar-refractivity contribution is -0.118. The van der Waals surface area contributed by atoms with Crippen LogP contribution in [0.25, 0.3) is 0 Å². The second-order valence-corrected chi connectivity index (χ2v) is 4.92. The molecule has 3 rings (SSSR count). The zero-order valence-electron chi connectivity index (χ0n) is 10.6. The molecule has 1 unspecified atom stereocenters. The van der Waals surface area contributed by atoms with Crippen LogP contribution in [0.5, 0.6) is 0 Å². The van der Waals surface area contributed by atoms with Crippen LogP contribution in [0.2, 0.25) is 5.02 Å². The Morgan fingerprint density at radius 3 is 2.55 bits per heavy atom. The van der Waals surface area contributed by atoms with E-state index in [2.05, 4.69) is 10.4 Å². The summed E-state index contributed by atoms with van der Waals surface area (Å²) in [5.41, 5.74) is 1.14. The highest BCUT2D eigenvalue weighted by Crippen LogP contribution is 2.27. The fourth-order valence-corrected chi connectivity index (χ4v) is 2.25. The van der Waals surface area contributed by atoms with Gasteiger partial charge < -0.3 is 5.32 Å². The summed E-state index contributed by atoms with van der Waals surface area (Å²) < 4.78 is 1.58. The van der Waals surface area contributed by atoms with Crippen molar-refractivity contribution in [3.05, 3.63) is 47.2 Å². The summed E-state index contributed by atoms with van der Waals surface area (Å²) in [6.07, 6.45) is 3.27. The molecule has 1 aliphatic rings. The minimum Gasteiger partial charge on any atom is -0.321 e. The summed E-state index contributed by atoms with van der Waals surface area (Å²) in [6.45, 7) is 0. The molecule has 102 valence electrons. The predicted molar refractivity (Wildman–Crippen MR) is 73.4 cm³/mol. The lowest BCUT2D eigenvalue weighted by Gasteiger charge is -2.12. The van der Waals surface area contributed by atoms with E-state index in [0.29, 0.717) is 16.3 Å². The van der Waals surface area contributed by atoms with Gasteiger partial charge in [0.25, 0.3) is 5.91 Å². The maximum Gasteiger partial charge on any atom is 0.329 e. The fourth-order valence-electron chi connectivity index (χ4n) is 2.13. The van der Waals surface area contributed by atoms with E-state index in [1.165, 1.54) is 0 Å². The third-order valence-electron chi connectivity index (χ3n) is 3.08. The first-order valence-electron chi connectivity index (χ1n) is 5.95. The van der Waals surface area contributed by atoms with Crippen molar-refractivity contribution in [3.8, 4) is 0 Å². The highest BCUT2D eigenvalue weighted by atomic mass is 35.5. The Hall–Kier alpha value is -2.34. The average molecular weight is 291 g/mol. The molecule has 1 aliphatic heterocycles. The van der Waals surface area contributed by atoms with Gasteiger partial charge in [-0.05, 0) is 24.3 Å². The number of hydrogen-bond donors (Lipinski definition) is 1. The van der Waals surface area contributed by atoms with Crippen molar-refractivity contribution in [1.82, 2.24) is 15.1 Å². The van der Waals surface area contributed by atoms with E-state index in [1.54, 1.807) is 48.4 Å². The Kier molecular flexibility index (Phi) is 2.94. The van der Waals surface area contributed by atoms with Crippen LogP contribution in [0.1, 0.15) is 11.6 Å². The largest absolute Gasteiger partial charge is 0.329 e. The Balaban J connectivity index is 1.92. The van der Waals surface area contributed by atoms with Crippen molar-refractivity contribution in [2.24, 2.45) is 7.05 Å². The molecule has 1 aromatic heterocycles. The number of carbonyl (C=O) groups is 2. The normalized spacial score (nSPS) is 18.5. The number of anilines is 1. The van der Waals surface area contributed by atoms with Gasteiger partial charge in [0.2, 0.25) is 0 Å². The third kappa shape index (κ3) is 2.04. The van der Waals surface area contributed by atoms with Gasteiger partial charge in [0, 0.05) is 23.8 Å². The highest BCUT2D eigenvalue weighted by Gasteiger charge is 2.40.